The first kappa shape index (κ1) is 34.5. The molecule has 0 unspecified atom stereocenters. The number of benzene rings is 4. The van der Waals surface area contributed by atoms with E-state index in [2.05, 4.69) is 26.3 Å². The Morgan fingerprint density at radius 1 is 0.815 bits per heavy atom. The highest BCUT2D eigenvalue weighted by Gasteiger charge is 2.70. The molecule has 0 aromatic heterocycles. The molecule has 0 radical (unpaired) electrons. The molecule has 6 atom stereocenters. The number of halogens is 1. The first-order chi connectivity index (χ1) is 26.2. The van der Waals surface area contributed by atoms with Gasteiger partial charge in [-0.05, 0) is 85.8 Å². The number of aryl methyl sites for hydroxylation is 1. The van der Waals surface area contributed by atoms with Crippen LogP contribution in [0.2, 0.25) is 0 Å². The minimum atomic E-state index is -1.47. The van der Waals surface area contributed by atoms with Crippen LogP contribution in [-0.4, -0.2) is 60.0 Å². The maximum absolute atomic E-state index is 15.3. The third kappa shape index (κ3) is 5.23. The fourth-order valence-electron chi connectivity index (χ4n) is 9.74. The molecule has 3 saturated heterocycles. The van der Waals surface area contributed by atoms with Crippen LogP contribution in [0.3, 0.4) is 0 Å². The van der Waals surface area contributed by atoms with E-state index in [1.165, 1.54) is 4.90 Å². The number of phenols is 1. The second kappa shape index (κ2) is 13.2. The summed E-state index contributed by atoms with van der Waals surface area (Å²) in [4.78, 5) is 62.6. The Bertz CT molecular complexity index is 2200. The molecule has 4 aromatic rings. The molecular formula is C43H39BrN4O6. The SMILES string of the molecule is Cc1ccc(NN2C(=O)[C@@H]3C[C@@H]4C(=CC[C@@H]5C(=O)N(c6ccc(N7CCOCC7)cc6)C(=O)[C@@H]54)[C@H](c4cc(Br)ccc4O)[C@]3(c3ccccc3)C2=O)cc1. The van der Waals surface area contributed by atoms with Crippen molar-refractivity contribution in [2.45, 2.75) is 31.1 Å². The Morgan fingerprint density at radius 3 is 2.24 bits per heavy atom. The van der Waals surface area contributed by atoms with Crippen LogP contribution in [0.4, 0.5) is 17.1 Å². The average Bonchev–Trinajstić information content (AvgIpc) is 3.58. The highest BCUT2D eigenvalue weighted by molar-refractivity contribution is 9.10. The van der Waals surface area contributed by atoms with E-state index >= 15 is 4.79 Å². The van der Waals surface area contributed by atoms with Crippen molar-refractivity contribution >= 4 is 56.6 Å². The van der Waals surface area contributed by atoms with Crippen LogP contribution in [0.1, 0.15) is 35.4 Å². The predicted octanol–water partition coefficient (Wildman–Crippen LogP) is 6.49. The van der Waals surface area contributed by atoms with E-state index in [0.717, 1.165) is 34.9 Å². The monoisotopic (exact) mass is 786 g/mol. The number of hydrogen-bond acceptors (Lipinski definition) is 8. The van der Waals surface area contributed by atoms with Gasteiger partial charge in [0.25, 0.3) is 11.8 Å². The van der Waals surface area contributed by atoms with E-state index in [-0.39, 0.29) is 30.4 Å². The summed E-state index contributed by atoms with van der Waals surface area (Å²) in [7, 11) is 0. The number of ether oxygens (including phenoxy) is 1. The molecule has 4 fully saturated rings. The number of nitrogens with zero attached hydrogens (tertiary/aromatic N) is 3. The summed E-state index contributed by atoms with van der Waals surface area (Å²) >= 11 is 3.59. The maximum atomic E-state index is 15.3. The number of nitrogens with one attached hydrogen (secondary N) is 1. The summed E-state index contributed by atoms with van der Waals surface area (Å²) < 4.78 is 6.19. The molecule has 3 aliphatic heterocycles. The molecule has 274 valence electrons. The molecule has 1 saturated carbocycles. The minimum absolute atomic E-state index is 0.0260. The number of imide groups is 2. The molecule has 2 N–H and O–H groups in total. The standard InChI is InChI=1S/C43H39BrN4O6/c1-25-7-10-28(11-8-25)45-48-40(51)35-24-33-31(38(34-23-27(44)9-18-36(34)49)43(35,42(48)53)26-5-3-2-4-6-26)16-17-32-37(33)41(52)47(39(32)50)30-14-12-29(13-15-30)46-19-21-54-22-20-46/h2-16,18,23,32-33,35,37-38,45,49H,17,19-22,24H2,1H3/t32-,33+,35-,37-,38+,43+/m0/s1. The summed E-state index contributed by atoms with van der Waals surface area (Å²) in [6.45, 7) is 4.78. The van der Waals surface area contributed by atoms with Gasteiger partial charge in [0.15, 0.2) is 0 Å². The normalized spacial score (nSPS) is 27.8. The van der Waals surface area contributed by atoms with Gasteiger partial charge in [0, 0.05) is 34.7 Å². The van der Waals surface area contributed by atoms with Gasteiger partial charge in [-0.3, -0.25) is 29.5 Å². The Labute approximate surface area is 321 Å². The number of allylic oxidation sites excluding steroid dienone is 2. The number of carbonyl (C=O) groups is 4. The highest BCUT2D eigenvalue weighted by atomic mass is 79.9. The number of morpholine rings is 1. The first-order valence-corrected chi connectivity index (χ1v) is 19.2. The number of fused-ring (bicyclic) bond motifs is 4. The number of amides is 4. The van der Waals surface area contributed by atoms with Crippen LogP contribution < -0.4 is 15.2 Å². The van der Waals surface area contributed by atoms with E-state index in [9.17, 15) is 19.5 Å². The minimum Gasteiger partial charge on any atom is -0.508 e. The van der Waals surface area contributed by atoms with Crippen LogP contribution >= 0.6 is 15.9 Å². The number of carbonyl (C=O) groups excluding carboxylic acids is 4. The number of hydrogen-bond donors (Lipinski definition) is 2. The summed E-state index contributed by atoms with van der Waals surface area (Å²) in [5, 5.41) is 12.7. The second-order valence-electron chi connectivity index (χ2n) is 14.9. The smallest absolute Gasteiger partial charge is 0.260 e. The largest absolute Gasteiger partial charge is 0.508 e. The zero-order chi connectivity index (χ0) is 37.3. The summed E-state index contributed by atoms with van der Waals surface area (Å²) in [5.74, 6) is -5.12. The molecule has 4 amide bonds. The van der Waals surface area contributed by atoms with Crippen molar-refractivity contribution in [2.24, 2.45) is 23.7 Å². The highest BCUT2D eigenvalue weighted by Crippen LogP contribution is 2.65. The molecular weight excluding hydrogens is 748 g/mol. The van der Waals surface area contributed by atoms with Gasteiger partial charge >= 0.3 is 0 Å². The van der Waals surface area contributed by atoms with E-state index in [4.69, 9.17) is 4.74 Å². The topological polar surface area (TPSA) is 119 Å². The average molecular weight is 788 g/mol. The van der Waals surface area contributed by atoms with Crippen LogP contribution in [0.5, 0.6) is 5.75 Å². The van der Waals surface area contributed by atoms with Gasteiger partial charge in [0.1, 0.15) is 5.75 Å². The molecule has 5 aliphatic rings. The third-order valence-electron chi connectivity index (χ3n) is 12.2. The summed E-state index contributed by atoms with van der Waals surface area (Å²) in [5.41, 5.74) is 6.66. The van der Waals surface area contributed by atoms with Gasteiger partial charge in [-0.25, -0.2) is 0 Å². The van der Waals surface area contributed by atoms with E-state index in [1.54, 1.807) is 18.2 Å². The zero-order valence-electron chi connectivity index (χ0n) is 29.7. The first-order valence-electron chi connectivity index (χ1n) is 18.4. The van der Waals surface area contributed by atoms with Crippen molar-refractivity contribution in [3.8, 4) is 5.75 Å². The molecule has 0 spiro atoms. The number of aromatic hydroxyl groups is 1. The molecule has 11 heteroatoms. The van der Waals surface area contributed by atoms with Gasteiger partial charge in [-0.2, -0.15) is 5.01 Å². The maximum Gasteiger partial charge on any atom is 0.260 e. The number of rotatable bonds is 6. The van der Waals surface area contributed by atoms with Crippen LogP contribution in [0.25, 0.3) is 0 Å². The lowest BCUT2D eigenvalue weighted by atomic mass is 9.49. The molecule has 0 bridgehead atoms. The Balaban J connectivity index is 1.16. The van der Waals surface area contributed by atoms with Crippen molar-refractivity contribution in [1.82, 2.24) is 5.01 Å². The third-order valence-corrected chi connectivity index (χ3v) is 12.7. The molecule has 10 nitrogen and oxygen atoms in total. The van der Waals surface area contributed by atoms with Crippen LogP contribution in [-0.2, 0) is 29.3 Å². The van der Waals surface area contributed by atoms with Gasteiger partial charge < -0.3 is 14.7 Å². The van der Waals surface area contributed by atoms with Gasteiger partial charge in [0.05, 0.1) is 47.8 Å². The summed E-state index contributed by atoms with van der Waals surface area (Å²) in [6.07, 6.45) is 2.46. The molecule has 3 heterocycles. The quantitative estimate of drug-likeness (QED) is 0.168. The van der Waals surface area contributed by atoms with E-state index in [1.807, 2.05) is 91.9 Å². The van der Waals surface area contributed by atoms with Crippen molar-refractivity contribution in [3.05, 3.63) is 130 Å². The number of hydrazine groups is 1. The second-order valence-corrected chi connectivity index (χ2v) is 15.8. The number of anilines is 3. The molecule has 9 rings (SSSR count). The van der Waals surface area contributed by atoms with E-state index in [0.29, 0.717) is 40.2 Å². The Morgan fingerprint density at radius 2 is 1.52 bits per heavy atom. The van der Waals surface area contributed by atoms with Crippen molar-refractivity contribution in [3.63, 3.8) is 0 Å². The molecule has 4 aromatic carbocycles. The van der Waals surface area contributed by atoms with Crippen LogP contribution in [0.15, 0.2) is 113 Å². The lowest BCUT2D eigenvalue weighted by Gasteiger charge is -2.50. The fraction of sp³-hybridized carbons (Fsp3) is 0.302. The molecule has 2 aliphatic carbocycles. The Hall–Kier alpha value is -5.26. The van der Waals surface area contributed by atoms with Crippen molar-refractivity contribution in [1.29, 1.82) is 0 Å². The van der Waals surface area contributed by atoms with Gasteiger partial charge in [0.2, 0.25) is 11.8 Å². The van der Waals surface area contributed by atoms with Gasteiger partial charge in [-0.1, -0.05) is 75.6 Å². The fourth-order valence-corrected chi connectivity index (χ4v) is 10.1. The van der Waals surface area contributed by atoms with Gasteiger partial charge in [-0.15, -0.1) is 0 Å². The number of phenolic OH excluding ortho intramolecular Hbond substituents is 1. The lowest BCUT2D eigenvalue weighted by molar-refractivity contribution is -0.138. The van der Waals surface area contributed by atoms with Crippen molar-refractivity contribution < 1.29 is 29.0 Å². The van der Waals surface area contributed by atoms with E-state index < -0.39 is 46.8 Å². The Kier molecular flexibility index (Phi) is 8.46. The zero-order valence-corrected chi connectivity index (χ0v) is 31.2. The molecule has 54 heavy (non-hydrogen) atoms. The predicted molar refractivity (Wildman–Crippen MR) is 207 cm³/mol. The lowest BCUT2D eigenvalue weighted by Crippen LogP contribution is -2.53. The summed E-state index contributed by atoms with van der Waals surface area (Å²) in [6, 6.07) is 29.4. The van der Waals surface area contributed by atoms with Crippen molar-refractivity contribution in [2.75, 3.05) is 41.5 Å². The van der Waals surface area contributed by atoms with Crippen LogP contribution in [0, 0.1) is 30.6 Å².